The molecule has 4 rings (SSSR count). The molecule has 0 bridgehead atoms. The Morgan fingerprint density at radius 2 is 1.77 bits per heavy atom. The number of rotatable bonds is 4. The summed E-state index contributed by atoms with van der Waals surface area (Å²) < 4.78 is 39.9. The zero-order valence-corrected chi connectivity index (χ0v) is 17.7. The minimum Gasteiger partial charge on any atom is -0.253 e. The Labute approximate surface area is 184 Å². The van der Waals surface area contributed by atoms with E-state index in [0.717, 1.165) is 32.4 Å². The number of pyridine rings is 1. The largest absolute Gasteiger partial charge is 0.435 e. The molecule has 4 aromatic rings. The van der Waals surface area contributed by atoms with Crippen molar-refractivity contribution in [2.24, 2.45) is 0 Å². The lowest BCUT2D eigenvalue weighted by Crippen LogP contribution is -2.05. The first-order chi connectivity index (χ1) is 14.2. The molecule has 0 aliphatic heterocycles. The van der Waals surface area contributed by atoms with Gasteiger partial charge in [-0.25, -0.2) is 9.50 Å². The molecule has 4 nitrogen and oxygen atoms in total. The van der Waals surface area contributed by atoms with Gasteiger partial charge in [0.2, 0.25) is 0 Å². The summed E-state index contributed by atoms with van der Waals surface area (Å²) in [5, 5.41) is 4.55. The van der Waals surface area contributed by atoms with Crippen molar-refractivity contribution >= 4 is 40.6 Å². The first-order valence-corrected chi connectivity index (χ1v) is 10.5. The molecule has 154 valence electrons. The van der Waals surface area contributed by atoms with E-state index in [4.69, 9.17) is 23.2 Å². The molecule has 0 N–H and O–H groups in total. The van der Waals surface area contributed by atoms with E-state index < -0.39 is 11.9 Å². The highest BCUT2D eigenvalue weighted by Gasteiger charge is 2.34. The molecule has 0 aliphatic carbocycles. The molecule has 0 aliphatic rings. The maximum atomic E-state index is 12.9. The van der Waals surface area contributed by atoms with Gasteiger partial charge in [0.15, 0.2) is 11.3 Å². The number of benzene rings is 1. The fraction of sp³-hybridized carbons (Fsp3) is 0.150. The minimum atomic E-state index is -4.53. The quantitative estimate of drug-likeness (QED) is 0.305. The number of thioether (sulfide) groups is 1. The van der Waals surface area contributed by atoms with E-state index >= 15 is 0 Å². The Balaban J connectivity index is 1.80. The van der Waals surface area contributed by atoms with E-state index in [-0.39, 0.29) is 5.65 Å². The van der Waals surface area contributed by atoms with Crippen molar-refractivity contribution in [1.29, 1.82) is 0 Å². The van der Waals surface area contributed by atoms with Crippen LogP contribution in [0.25, 0.3) is 28.2 Å². The third kappa shape index (κ3) is 4.26. The highest BCUT2D eigenvalue weighted by Crippen LogP contribution is 2.35. The van der Waals surface area contributed by atoms with Gasteiger partial charge in [-0.05, 0) is 41.6 Å². The Hall–Kier alpha value is -2.29. The van der Waals surface area contributed by atoms with Crippen LogP contribution in [0.5, 0.6) is 0 Å². The smallest absolute Gasteiger partial charge is 0.253 e. The predicted molar refractivity (Wildman–Crippen MR) is 113 cm³/mol. The zero-order chi connectivity index (χ0) is 21.5. The Morgan fingerprint density at radius 1 is 1.03 bits per heavy atom. The van der Waals surface area contributed by atoms with Crippen LogP contribution in [0.4, 0.5) is 13.2 Å². The van der Waals surface area contributed by atoms with Gasteiger partial charge in [0, 0.05) is 39.0 Å². The molecular formula is C20H13Cl2F3N4S. The average Bonchev–Trinajstić information content (AvgIpc) is 3.11. The number of nitrogens with zero attached hydrogens (tertiary/aromatic N) is 4. The molecule has 0 saturated heterocycles. The fourth-order valence-corrected chi connectivity index (χ4v) is 4.27. The number of hydrogen-bond acceptors (Lipinski definition) is 4. The first-order valence-electron chi connectivity index (χ1n) is 8.78. The Bertz CT molecular complexity index is 1220. The third-order valence-corrected chi connectivity index (χ3v) is 5.55. The van der Waals surface area contributed by atoms with Crippen LogP contribution in [0, 0.1) is 0 Å². The molecule has 0 spiro atoms. The van der Waals surface area contributed by atoms with Crippen LogP contribution in [0.2, 0.25) is 10.0 Å². The predicted octanol–water partition coefficient (Wildman–Crippen LogP) is 6.90. The van der Waals surface area contributed by atoms with Crippen molar-refractivity contribution in [1.82, 2.24) is 19.6 Å². The SMILES string of the molecule is CCSc1cc(-c2cc(Cl)cc(Cl)c2)cnc1-c1ccn2nc(C(F)(F)F)cc2n1. The first kappa shape index (κ1) is 21.0. The number of fused-ring (bicyclic) bond motifs is 1. The summed E-state index contributed by atoms with van der Waals surface area (Å²) in [4.78, 5) is 9.73. The van der Waals surface area contributed by atoms with Gasteiger partial charge in [-0.1, -0.05) is 30.1 Å². The number of hydrogen-bond donors (Lipinski definition) is 0. The molecule has 30 heavy (non-hydrogen) atoms. The summed E-state index contributed by atoms with van der Waals surface area (Å²) in [6, 6.07) is 9.69. The second-order valence-corrected chi connectivity index (χ2v) is 8.48. The molecule has 3 aromatic heterocycles. The van der Waals surface area contributed by atoms with E-state index in [2.05, 4.69) is 15.1 Å². The Kier molecular flexibility index (Phi) is 5.65. The topological polar surface area (TPSA) is 43.1 Å². The van der Waals surface area contributed by atoms with Gasteiger partial charge in [0.25, 0.3) is 0 Å². The van der Waals surface area contributed by atoms with Crippen molar-refractivity contribution in [2.75, 3.05) is 5.75 Å². The van der Waals surface area contributed by atoms with E-state index in [9.17, 15) is 13.2 Å². The molecular weight excluding hydrogens is 456 g/mol. The van der Waals surface area contributed by atoms with Gasteiger partial charge in [0.05, 0.1) is 5.69 Å². The Morgan fingerprint density at radius 3 is 2.43 bits per heavy atom. The molecule has 0 unspecified atom stereocenters. The molecule has 0 radical (unpaired) electrons. The van der Waals surface area contributed by atoms with E-state index in [1.165, 1.54) is 6.20 Å². The van der Waals surface area contributed by atoms with Gasteiger partial charge >= 0.3 is 6.18 Å². The van der Waals surface area contributed by atoms with Gasteiger partial charge in [-0.3, -0.25) is 4.98 Å². The maximum absolute atomic E-state index is 12.9. The lowest BCUT2D eigenvalue weighted by Gasteiger charge is -2.11. The van der Waals surface area contributed by atoms with Crippen LogP contribution < -0.4 is 0 Å². The van der Waals surface area contributed by atoms with Gasteiger partial charge in [-0.15, -0.1) is 11.8 Å². The van der Waals surface area contributed by atoms with Crippen molar-refractivity contribution in [3.63, 3.8) is 0 Å². The summed E-state index contributed by atoms with van der Waals surface area (Å²) in [6.45, 7) is 2.00. The molecule has 0 saturated carbocycles. The molecule has 0 fully saturated rings. The number of halogens is 5. The summed E-state index contributed by atoms with van der Waals surface area (Å²) in [6.07, 6.45) is -1.42. The van der Waals surface area contributed by atoms with Gasteiger partial charge in [0.1, 0.15) is 5.69 Å². The molecule has 1 aromatic carbocycles. The normalized spacial score (nSPS) is 11.9. The van der Waals surface area contributed by atoms with E-state index in [0.29, 0.717) is 21.4 Å². The van der Waals surface area contributed by atoms with Crippen LogP contribution in [-0.2, 0) is 6.18 Å². The van der Waals surface area contributed by atoms with E-state index in [1.54, 1.807) is 42.2 Å². The summed E-state index contributed by atoms with van der Waals surface area (Å²) in [5.74, 6) is 0.779. The maximum Gasteiger partial charge on any atom is 0.435 e. The van der Waals surface area contributed by atoms with Gasteiger partial charge in [-0.2, -0.15) is 18.3 Å². The minimum absolute atomic E-state index is 0.0970. The van der Waals surface area contributed by atoms with Crippen LogP contribution in [0.3, 0.4) is 0 Å². The highest BCUT2D eigenvalue weighted by molar-refractivity contribution is 7.99. The summed E-state index contributed by atoms with van der Waals surface area (Å²) in [5.41, 5.74) is 1.79. The van der Waals surface area contributed by atoms with Crippen LogP contribution in [0.15, 0.2) is 53.7 Å². The van der Waals surface area contributed by atoms with Crippen molar-refractivity contribution in [3.8, 4) is 22.5 Å². The van der Waals surface area contributed by atoms with Crippen LogP contribution in [-0.4, -0.2) is 25.3 Å². The van der Waals surface area contributed by atoms with E-state index in [1.807, 2.05) is 13.0 Å². The molecule has 0 atom stereocenters. The van der Waals surface area contributed by atoms with Crippen molar-refractivity contribution in [3.05, 3.63) is 64.5 Å². The van der Waals surface area contributed by atoms with Crippen LogP contribution >= 0.6 is 35.0 Å². The van der Waals surface area contributed by atoms with Crippen molar-refractivity contribution < 1.29 is 13.2 Å². The van der Waals surface area contributed by atoms with Gasteiger partial charge < -0.3 is 0 Å². The highest BCUT2D eigenvalue weighted by atomic mass is 35.5. The second-order valence-electron chi connectivity index (χ2n) is 6.30. The summed E-state index contributed by atoms with van der Waals surface area (Å²) >= 11 is 13.8. The third-order valence-electron chi connectivity index (χ3n) is 4.21. The zero-order valence-electron chi connectivity index (χ0n) is 15.4. The average molecular weight is 469 g/mol. The monoisotopic (exact) mass is 468 g/mol. The molecule has 10 heteroatoms. The summed E-state index contributed by atoms with van der Waals surface area (Å²) in [7, 11) is 0. The number of aromatic nitrogens is 4. The lowest BCUT2D eigenvalue weighted by atomic mass is 10.1. The number of alkyl halides is 3. The molecule has 0 amide bonds. The standard InChI is InChI=1S/C20H13Cl2F3N4S/c1-2-30-16-7-12(11-5-13(21)8-14(22)6-11)10-26-19(16)15-3-4-29-18(27-15)9-17(28-29)20(23,24)25/h3-10H,2H2,1H3. The second kappa shape index (κ2) is 8.09. The lowest BCUT2D eigenvalue weighted by molar-refractivity contribution is -0.141. The van der Waals surface area contributed by atoms with Crippen molar-refractivity contribution in [2.45, 2.75) is 18.0 Å². The van der Waals surface area contributed by atoms with Crippen LogP contribution in [0.1, 0.15) is 12.6 Å². The molecule has 3 heterocycles. The fourth-order valence-electron chi connectivity index (χ4n) is 2.93.